The first kappa shape index (κ1) is 17.7. The molecule has 0 atom stereocenters. The zero-order valence-corrected chi connectivity index (χ0v) is 14.0. The molecular weight excluding hydrogens is 269 g/mol. The molecule has 0 N–H and O–H groups in total. The highest BCUT2D eigenvalue weighted by molar-refractivity contribution is 7.45. The molecule has 0 bridgehead atoms. The molecule has 4 heteroatoms. The fourth-order valence-electron chi connectivity index (χ4n) is 1.95. The van der Waals surface area contributed by atoms with E-state index in [0.717, 1.165) is 26.1 Å². The Kier molecular flexibility index (Phi) is 10.9. The van der Waals surface area contributed by atoms with Gasteiger partial charge >= 0.3 is 0 Å². The summed E-state index contributed by atoms with van der Waals surface area (Å²) in [4.78, 5) is 0. The van der Waals surface area contributed by atoms with Gasteiger partial charge in [0.1, 0.15) is 0 Å². The van der Waals surface area contributed by atoms with Gasteiger partial charge in [0.25, 0.3) is 8.53 Å². The number of hydrogen-bond acceptors (Lipinski definition) is 2. The van der Waals surface area contributed by atoms with E-state index < -0.39 is 8.53 Å². The Morgan fingerprint density at radius 3 is 1.70 bits per heavy atom. The Hall–Kier alpha value is -0.370. The van der Waals surface area contributed by atoms with Crippen LogP contribution in [0.2, 0.25) is 0 Å². The summed E-state index contributed by atoms with van der Waals surface area (Å²) in [6, 6.07) is 4.05. The van der Waals surface area contributed by atoms with Gasteiger partial charge in [-0.1, -0.05) is 52.4 Å². The van der Waals surface area contributed by atoms with Gasteiger partial charge in [0.05, 0.1) is 13.2 Å². The standard InChI is InChI=1S/C16H30NO2P/c1-3-5-7-11-15-18-20(17-13-9-10-14-17)19-16-12-8-6-4-2/h9-10,13-14H,3-8,11-12,15-16H2,1-2H3. The molecule has 1 rings (SSSR count). The van der Waals surface area contributed by atoms with Crippen LogP contribution < -0.4 is 0 Å². The molecule has 3 nitrogen and oxygen atoms in total. The third-order valence-electron chi connectivity index (χ3n) is 3.18. The Morgan fingerprint density at radius 2 is 1.25 bits per heavy atom. The molecule has 0 fully saturated rings. The minimum absolute atomic E-state index is 0.804. The van der Waals surface area contributed by atoms with E-state index in [9.17, 15) is 0 Å². The van der Waals surface area contributed by atoms with Crippen LogP contribution in [-0.2, 0) is 9.05 Å². The van der Waals surface area contributed by atoms with E-state index in [4.69, 9.17) is 9.05 Å². The normalized spacial score (nSPS) is 11.3. The third-order valence-corrected chi connectivity index (χ3v) is 4.63. The van der Waals surface area contributed by atoms with Gasteiger partial charge in [-0.05, 0) is 25.0 Å². The highest BCUT2D eigenvalue weighted by Crippen LogP contribution is 2.40. The van der Waals surface area contributed by atoms with Crippen molar-refractivity contribution >= 4 is 8.53 Å². The van der Waals surface area contributed by atoms with E-state index in [1.54, 1.807) is 0 Å². The first-order chi connectivity index (χ1) is 9.88. The van der Waals surface area contributed by atoms with Crippen molar-refractivity contribution in [2.75, 3.05) is 13.2 Å². The summed E-state index contributed by atoms with van der Waals surface area (Å²) in [5.41, 5.74) is 0. The van der Waals surface area contributed by atoms with Gasteiger partial charge in [-0.3, -0.25) is 4.34 Å². The molecule has 1 heterocycles. The molecule has 1 aromatic heterocycles. The first-order valence-electron chi connectivity index (χ1n) is 8.07. The molecule has 0 unspecified atom stereocenters. The maximum Gasteiger partial charge on any atom is 0.293 e. The van der Waals surface area contributed by atoms with Crippen LogP contribution in [0.25, 0.3) is 0 Å². The molecule has 0 aliphatic heterocycles. The van der Waals surface area contributed by atoms with Crippen LogP contribution in [-0.4, -0.2) is 17.6 Å². The lowest BCUT2D eigenvalue weighted by atomic mass is 10.2. The molecule has 0 radical (unpaired) electrons. The summed E-state index contributed by atoms with van der Waals surface area (Å²) in [7, 11) is -0.944. The summed E-state index contributed by atoms with van der Waals surface area (Å²) in [5, 5.41) is 0. The predicted molar refractivity (Wildman–Crippen MR) is 86.9 cm³/mol. The second-order valence-corrected chi connectivity index (χ2v) is 6.54. The van der Waals surface area contributed by atoms with E-state index in [-0.39, 0.29) is 0 Å². The van der Waals surface area contributed by atoms with Crippen molar-refractivity contribution in [1.29, 1.82) is 0 Å². The summed E-state index contributed by atoms with van der Waals surface area (Å²) < 4.78 is 14.0. The smallest absolute Gasteiger partial charge is 0.293 e. The Balaban J connectivity index is 2.22. The van der Waals surface area contributed by atoms with Crippen molar-refractivity contribution in [3.63, 3.8) is 0 Å². The van der Waals surface area contributed by atoms with Crippen LogP contribution in [0.5, 0.6) is 0 Å². The lowest BCUT2D eigenvalue weighted by Crippen LogP contribution is -2.01. The average Bonchev–Trinajstić information content (AvgIpc) is 2.98. The summed E-state index contributed by atoms with van der Waals surface area (Å²) in [5.74, 6) is 0. The number of rotatable bonds is 13. The van der Waals surface area contributed by atoms with Crippen molar-refractivity contribution in [3.8, 4) is 0 Å². The van der Waals surface area contributed by atoms with E-state index in [0.29, 0.717) is 0 Å². The summed E-state index contributed by atoms with van der Waals surface area (Å²) in [6.45, 7) is 6.07. The third kappa shape index (κ3) is 8.04. The molecule has 1 aromatic rings. The van der Waals surface area contributed by atoms with Crippen LogP contribution in [0, 0.1) is 0 Å². The summed E-state index contributed by atoms with van der Waals surface area (Å²) in [6.07, 6.45) is 13.9. The maximum atomic E-state index is 5.95. The highest BCUT2D eigenvalue weighted by Gasteiger charge is 2.12. The first-order valence-corrected chi connectivity index (χ1v) is 9.20. The van der Waals surface area contributed by atoms with Gasteiger partial charge < -0.3 is 9.05 Å². The van der Waals surface area contributed by atoms with E-state index >= 15 is 0 Å². The average molecular weight is 299 g/mol. The van der Waals surface area contributed by atoms with Crippen LogP contribution >= 0.6 is 8.53 Å². The summed E-state index contributed by atoms with van der Waals surface area (Å²) >= 11 is 0. The lowest BCUT2D eigenvalue weighted by Gasteiger charge is -2.18. The van der Waals surface area contributed by atoms with Gasteiger partial charge in [-0.15, -0.1) is 0 Å². The van der Waals surface area contributed by atoms with Crippen molar-refractivity contribution < 1.29 is 9.05 Å². The predicted octanol–water partition coefficient (Wildman–Crippen LogP) is 5.76. The molecule has 0 saturated heterocycles. The van der Waals surface area contributed by atoms with Crippen molar-refractivity contribution in [1.82, 2.24) is 4.34 Å². The molecule has 116 valence electrons. The second kappa shape index (κ2) is 12.4. The Bertz CT molecular complexity index is 289. The number of aromatic nitrogens is 1. The largest absolute Gasteiger partial charge is 0.317 e. The van der Waals surface area contributed by atoms with E-state index in [1.165, 1.54) is 38.5 Å². The fourth-order valence-corrected chi connectivity index (χ4v) is 3.23. The van der Waals surface area contributed by atoms with Gasteiger partial charge in [0, 0.05) is 12.4 Å². The molecule has 0 amide bonds. The van der Waals surface area contributed by atoms with Crippen LogP contribution in [0.3, 0.4) is 0 Å². The second-order valence-electron chi connectivity index (χ2n) is 5.09. The lowest BCUT2D eigenvalue weighted by molar-refractivity contribution is 0.234. The SMILES string of the molecule is CCCCCCOP(OCCCCCC)n1cccc1. The molecule has 0 spiro atoms. The fraction of sp³-hybridized carbons (Fsp3) is 0.750. The molecule has 0 aliphatic carbocycles. The number of hydrogen-bond donors (Lipinski definition) is 0. The molecule has 0 saturated carbocycles. The highest BCUT2D eigenvalue weighted by atomic mass is 31.2. The molecular formula is C16H30NO2P. The van der Waals surface area contributed by atoms with Crippen molar-refractivity contribution in [2.45, 2.75) is 65.2 Å². The van der Waals surface area contributed by atoms with E-state index in [2.05, 4.69) is 18.2 Å². The van der Waals surface area contributed by atoms with Crippen molar-refractivity contribution in [2.24, 2.45) is 0 Å². The molecule has 20 heavy (non-hydrogen) atoms. The number of nitrogens with zero attached hydrogens (tertiary/aromatic N) is 1. The van der Waals surface area contributed by atoms with Gasteiger partial charge in [0.15, 0.2) is 0 Å². The van der Waals surface area contributed by atoms with Gasteiger partial charge in [-0.25, -0.2) is 0 Å². The van der Waals surface area contributed by atoms with Crippen LogP contribution in [0.1, 0.15) is 65.2 Å². The molecule has 0 aliphatic rings. The maximum absolute atomic E-state index is 5.95. The zero-order chi connectivity index (χ0) is 14.5. The minimum Gasteiger partial charge on any atom is -0.317 e. The number of unbranched alkanes of at least 4 members (excludes halogenated alkanes) is 6. The minimum atomic E-state index is -0.944. The Morgan fingerprint density at radius 1 is 0.750 bits per heavy atom. The Labute approximate surface area is 125 Å². The van der Waals surface area contributed by atoms with Gasteiger partial charge in [0.2, 0.25) is 0 Å². The van der Waals surface area contributed by atoms with Gasteiger partial charge in [-0.2, -0.15) is 0 Å². The molecule has 0 aromatic carbocycles. The quantitative estimate of drug-likeness (QED) is 0.341. The van der Waals surface area contributed by atoms with Crippen molar-refractivity contribution in [3.05, 3.63) is 24.5 Å². The van der Waals surface area contributed by atoms with E-state index in [1.807, 2.05) is 24.5 Å². The monoisotopic (exact) mass is 299 g/mol. The topological polar surface area (TPSA) is 23.4 Å². The zero-order valence-electron chi connectivity index (χ0n) is 13.1. The van der Waals surface area contributed by atoms with Crippen LogP contribution in [0.4, 0.5) is 0 Å². The van der Waals surface area contributed by atoms with Crippen LogP contribution in [0.15, 0.2) is 24.5 Å².